The van der Waals surface area contributed by atoms with Crippen molar-refractivity contribution in [2.75, 3.05) is 5.32 Å². The number of hydrogen-bond donors (Lipinski definition) is 1. The average molecular weight is 539 g/mol. The van der Waals surface area contributed by atoms with Gasteiger partial charge in [-0.25, -0.2) is 0 Å². The van der Waals surface area contributed by atoms with Crippen LogP contribution in [0.5, 0.6) is 0 Å². The fourth-order valence-corrected chi connectivity index (χ4v) is 4.34. The van der Waals surface area contributed by atoms with Gasteiger partial charge in [0.2, 0.25) is 0 Å². The van der Waals surface area contributed by atoms with Gasteiger partial charge in [0.15, 0.2) is 0 Å². The molecule has 7 heteroatoms. The fraction of sp³-hybridized carbons (Fsp3) is 0.174. The molecule has 0 aliphatic heterocycles. The summed E-state index contributed by atoms with van der Waals surface area (Å²) >= 11 is 6.59. The SMILES string of the molecule is O=C(Nc1ccc([C@@H]2C[C@@]2(c2ccc(Br)cc2)C(F)(F)F)cc1)c1ccc(Br)cc1. The Hall–Kier alpha value is -2.12. The molecular formula is C23H16Br2F3NO. The van der Waals surface area contributed by atoms with Crippen molar-refractivity contribution in [1.29, 1.82) is 0 Å². The molecule has 1 aliphatic rings. The van der Waals surface area contributed by atoms with Crippen molar-refractivity contribution in [3.63, 3.8) is 0 Å². The van der Waals surface area contributed by atoms with Crippen molar-refractivity contribution in [3.8, 4) is 0 Å². The normalized spacial score (nSPS) is 20.6. The number of halogens is 5. The van der Waals surface area contributed by atoms with Gasteiger partial charge >= 0.3 is 6.18 Å². The van der Waals surface area contributed by atoms with Gasteiger partial charge in [-0.05, 0) is 66.1 Å². The first-order valence-corrected chi connectivity index (χ1v) is 10.8. The molecule has 0 aromatic heterocycles. The number of nitrogens with one attached hydrogen (secondary N) is 1. The van der Waals surface area contributed by atoms with Gasteiger partial charge in [-0.15, -0.1) is 0 Å². The maximum absolute atomic E-state index is 14.0. The van der Waals surface area contributed by atoms with E-state index >= 15 is 0 Å². The summed E-state index contributed by atoms with van der Waals surface area (Å²) < 4.78 is 43.6. The summed E-state index contributed by atoms with van der Waals surface area (Å²) in [5.41, 5.74) is 0.0488. The molecule has 3 aromatic rings. The number of carbonyl (C=O) groups is 1. The maximum atomic E-state index is 14.0. The maximum Gasteiger partial charge on any atom is 0.399 e. The van der Waals surface area contributed by atoms with Crippen LogP contribution in [0, 0.1) is 0 Å². The Morgan fingerprint density at radius 2 is 1.40 bits per heavy atom. The van der Waals surface area contributed by atoms with Crippen LogP contribution in [0.3, 0.4) is 0 Å². The number of anilines is 1. The van der Waals surface area contributed by atoms with Crippen molar-refractivity contribution in [1.82, 2.24) is 0 Å². The van der Waals surface area contributed by atoms with E-state index < -0.39 is 17.5 Å². The molecule has 4 rings (SSSR count). The van der Waals surface area contributed by atoms with E-state index in [9.17, 15) is 18.0 Å². The average Bonchev–Trinajstić information content (AvgIpc) is 3.47. The van der Waals surface area contributed by atoms with Crippen molar-refractivity contribution in [2.24, 2.45) is 0 Å². The van der Waals surface area contributed by atoms with Crippen LogP contribution in [0.25, 0.3) is 0 Å². The summed E-state index contributed by atoms with van der Waals surface area (Å²) in [6.07, 6.45) is -4.33. The third-order valence-electron chi connectivity index (χ3n) is 5.50. The Bertz CT molecular complexity index is 1060. The Balaban J connectivity index is 1.53. The minimum atomic E-state index is -4.35. The van der Waals surface area contributed by atoms with Crippen LogP contribution in [-0.2, 0) is 5.41 Å². The first-order chi connectivity index (χ1) is 14.2. The zero-order chi connectivity index (χ0) is 21.5. The van der Waals surface area contributed by atoms with Crippen LogP contribution in [-0.4, -0.2) is 12.1 Å². The van der Waals surface area contributed by atoms with Gasteiger partial charge in [-0.3, -0.25) is 4.79 Å². The summed E-state index contributed by atoms with van der Waals surface area (Å²) in [4.78, 5) is 12.3. The summed E-state index contributed by atoms with van der Waals surface area (Å²) in [5.74, 6) is -0.920. The molecule has 0 bridgehead atoms. The second-order valence-corrected chi connectivity index (χ2v) is 9.15. The van der Waals surface area contributed by atoms with Crippen LogP contribution in [0.4, 0.5) is 18.9 Å². The minimum absolute atomic E-state index is 0.0166. The van der Waals surface area contributed by atoms with Gasteiger partial charge in [-0.2, -0.15) is 13.2 Å². The molecule has 1 aliphatic carbocycles. The standard InChI is InChI=1S/C23H16Br2F3NO/c24-17-7-1-15(2-8-17)21(30)29-19-11-3-14(4-12-19)20-13-22(20,23(26,27)28)16-5-9-18(25)10-6-16/h1-12,20H,13H2,(H,29,30)/t20-,22-/m0/s1. The number of amides is 1. The minimum Gasteiger partial charge on any atom is -0.322 e. The van der Waals surface area contributed by atoms with Crippen LogP contribution in [0.2, 0.25) is 0 Å². The molecule has 1 fully saturated rings. The van der Waals surface area contributed by atoms with E-state index in [1.807, 2.05) is 0 Å². The van der Waals surface area contributed by atoms with E-state index in [1.54, 1.807) is 60.7 Å². The molecule has 0 radical (unpaired) electrons. The summed E-state index contributed by atoms with van der Waals surface area (Å²) in [5, 5.41) is 2.77. The van der Waals surface area contributed by atoms with E-state index in [1.165, 1.54) is 12.1 Å². The van der Waals surface area contributed by atoms with E-state index in [2.05, 4.69) is 37.2 Å². The molecule has 1 saturated carbocycles. The van der Waals surface area contributed by atoms with Gasteiger partial charge in [0.25, 0.3) is 5.91 Å². The quantitative estimate of drug-likeness (QED) is 0.367. The topological polar surface area (TPSA) is 29.1 Å². The molecule has 30 heavy (non-hydrogen) atoms. The molecule has 2 atom stereocenters. The highest BCUT2D eigenvalue weighted by atomic mass is 79.9. The smallest absolute Gasteiger partial charge is 0.322 e. The molecule has 1 N–H and O–H groups in total. The predicted octanol–water partition coefficient (Wildman–Crippen LogP) is 7.45. The molecule has 2 nitrogen and oxygen atoms in total. The zero-order valence-corrected chi connectivity index (χ0v) is 18.7. The number of hydrogen-bond acceptors (Lipinski definition) is 1. The lowest BCUT2D eigenvalue weighted by Gasteiger charge is -2.22. The summed E-state index contributed by atoms with van der Waals surface area (Å²) in [6, 6.07) is 19.9. The van der Waals surface area contributed by atoms with Gasteiger partial charge < -0.3 is 5.32 Å². The Morgan fingerprint density at radius 3 is 1.93 bits per heavy atom. The third kappa shape index (κ3) is 3.93. The van der Waals surface area contributed by atoms with Gasteiger partial charge in [0, 0.05) is 26.1 Å². The number of alkyl halides is 3. The van der Waals surface area contributed by atoms with Crippen LogP contribution in [0.15, 0.2) is 81.7 Å². The Morgan fingerprint density at radius 1 is 0.867 bits per heavy atom. The lowest BCUT2D eigenvalue weighted by molar-refractivity contribution is -0.162. The fourth-order valence-electron chi connectivity index (χ4n) is 3.81. The lowest BCUT2D eigenvalue weighted by Crippen LogP contribution is -2.30. The van der Waals surface area contributed by atoms with E-state index in [0.29, 0.717) is 16.8 Å². The zero-order valence-electron chi connectivity index (χ0n) is 15.5. The number of carbonyl (C=O) groups excluding carboxylic acids is 1. The van der Waals surface area contributed by atoms with Gasteiger partial charge in [0.1, 0.15) is 0 Å². The highest BCUT2D eigenvalue weighted by molar-refractivity contribution is 9.10. The highest BCUT2D eigenvalue weighted by Crippen LogP contribution is 2.68. The van der Waals surface area contributed by atoms with E-state index in [-0.39, 0.29) is 17.9 Å². The lowest BCUT2D eigenvalue weighted by atomic mass is 9.90. The van der Waals surface area contributed by atoms with E-state index in [0.717, 1.165) is 8.95 Å². The Labute approximate surface area is 188 Å². The van der Waals surface area contributed by atoms with Crippen LogP contribution >= 0.6 is 31.9 Å². The second kappa shape index (κ2) is 7.85. The number of rotatable bonds is 4. The summed E-state index contributed by atoms with van der Waals surface area (Å²) in [6.45, 7) is 0. The van der Waals surface area contributed by atoms with E-state index in [4.69, 9.17) is 0 Å². The molecular weight excluding hydrogens is 523 g/mol. The third-order valence-corrected chi connectivity index (χ3v) is 6.56. The molecule has 154 valence electrons. The van der Waals surface area contributed by atoms with Gasteiger partial charge in [-0.1, -0.05) is 56.1 Å². The van der Waals surface area contributed by atoms with Crippen LogP contribution in [0.1, 0.15) is 33.8 Å². The molecule has 0 saturated heterocycles. The summed E-state index contributed by atoms with van der Waals surface area (Å²) in [7, 11) is 0. The van der Waals surface area contributed by atoms with Crippen LogP contribution < -0.4 is 5.32 Å². The monoisotopic (exact) mass is 537 g/mol. The van der Waals surface area contributed by atoms with Crippen molar-refractivity contribution in [2.45, 2.75) is 23.9 Å². The molecule has 0 heterocycles. The second-order valence-electron chi connectivity index (χ2n) is 7.32. The number of benzene rings is 3. The molecule has 0 spiro atoms. The van der Waals surface area contributed by atoms with Crippen molar-refractivity contribution < 1.29 is 18.0 Å². The largest absolute Gasteiger partial charge is 0.399 e. The Kier molecular flexibility index (Phi) is 5.53. The molecule has 1 amide bonds. The first kappa shape index (κ1) is 21.1. The highest BCUT2D eigenvalue weighted by Gasteiger charge is 2.71. The van der Waals surface area contributed by atoms with Crippen molar-refractivity contribution >= 4 is 43.5 Å². The van der Waals surface area contributed by atoms with Crippen molar-refractivity contribution in [3.05, 3.63) is 98.4 Å². The molecule has 0 unspecified atom stereocenters. The predicted molar refractivity (Wildman–Crippen MR) is 118 cm³/mol. The molecule has 3 aromatic carbocycles. The first-order valence-electron chi connectivity index (χ1n) is 9.20. The van der Waals surface area contributed by atoms with Gasteiger partial charge in [0.05, 0.1) is 5.41 Å².